The number of halogens is 1. The first-order chi connectivity index (χ1) is 5.79. The van der Waals surface area contributed by atoms with Crippen LogP contribution in [0.25, 0.3) is 0 Å². The van der Waals surface area contributed by atoms with Crippen LogP contribution in [-0.4, -0.2) is 23.2 Å². The molecule has 66 valence electrons. The first-order valence-electron chi connectivity index (χ1n) is 3.71. The molecule has 1 aromatic heterocycles. The van der Waals surface area contributed by atoms with Gasteiger partial charge in [-0.25, -0.2) is 4.39 Å². The molecule has 0 aromatic carbocycles. The van der Waals surface area contributed by atoms with Crippen LogP contribution >= 0.6 is 0 Å². The molecule has 0 aliphatic carbocycles. The zero-order valence-corrected chi connectivity index (χ0v) is 6.57. The van der Waals surface area contributed by atoms with Gasteiger partial charge in [-0.2, -0.15) is 0 Å². The van der Waals surface area contributed by atoms with E-state index in [1.165, 1.54) is 18.3 Å². The second kappa shape index (κ2) is 4.13. The Kier molecular flexibility index (Phi) is 3.13. The average molecular weight is 170 g/mol. The van der Waals surface area contributed by atoms with Gasteiger partial charge in [0.25, 0.3) is 0 Å². The van der Waals surface area contributed by atoms with Gasteiger partial charge in [0, 0.05) is 18.7 Å². The topological polar surface area (TPSA) is 59.1 Å². The predicted octanol–water partition coefficient (Wildman–Crippen LogP) is 0.255. The van der Waals surface area contributed by atoms with Crippen molar-refractivity contribution in [1.82, 2.24) is 4.98 Å². The molecule has 1 rings (SSSR count). The molecule has 0 spiro atoms. The standard InChI is InChI=1S/C8H11FN2O/c9-7-2-1-3-11-8(7)6(4-10)5-12/h1-3,6,12H,4-5,10H2. The van der Waals surface area contributed by atoms with Crippen molar-refractivity contribution < 1.29 is 9.50 Å². The average Bonchev–Trinajstić information content (AvgIpc) is 2.10. The van der Waals surface area contributed by atoms with Gasteiger partial charge in [-0.05, 0) is 12.1 Å². The summed E-state index contributed by atoms with van der Waals surface area (Å²) in [5.41, 5.74) is 5.56. The summed E-state index contributed by atoms with van der Waals surface area (Å²) in [7, 11) is 0. The number of hydrogen-bond donors (Lipinski definition) is 2. The molecule has 0 radical (unpaired) electrons. The van der Waals surface area contributed by atoms with Gasteiger partial charge in [-0.1, -0.05) is 0 Å². The number of nitrogens with two attached hydrogens (primary N) is 1. The minimum Gasteiger partial charge on any atom is -0.396 e. The minimum atomic E-state index is -0.415. The molecule has 0 bridgehead atoms. The van der Waals surface area contributed by atoms with Gasteiger partial charge in [0.1, 0.15) is 5.82 Å². The Morgan fingerprint density at radius 3 is 2.92 bits per heavy atom. The maximum absolute atomic E-state index is 13.0. The van der Waals surface area contributed by atoms with Gasteiger partial charge in [0.15, 0.2) is 0 Å². The molecular formula is C8H11FN2O. The van der Waals surface area contributed by atoms with E-state index in [9.17, 15) is 4.39 Å². The fraction of sp³-hybridized carbons (Fsp3) is 0.375. The van der Waals surface area contributed by atoms with E-state index in [0.717, 1.165) is 0 Å². The molecule has 0 fully saturated rings. The molecule has 0 amide bonds. The smallest absolute Gasteiger partial charge is 0.145 e. The molecule has 0 saturated carbocycles. The molecule has 0 aliphatic heterocycles. The van der Waals surface area contributed by atoms with Crippen LogP contribution in [0.3, 0.4) is 0 Å². The highest BCUT2D eigenvalue weighted by Crippen LogP contribution is 2.13. The summed E-state index contributed by atoms with van der Waals surface area (Å²) in [6, 6.07) is 2.81. The summed E-state index contributed by atoms with van der Waals surface area (Å²) >= 11 is 0. The Morgan fingerprint density at radius 2 is 2.42 bits per heavy atom. The van der Waals surface area contributed by atoms with Crippen LogP contribution in [0.5, 0.6) is 0 Å². The Balaban J connectivity index is 2.92. The molecule has 0 aliphatic rings. The highest BCUT2D eigenvalue weighted by atomic mass is 19.1. The predicted molar refractivity (Wildman–Crippen MR) is 43.1 cm³/mol. The number of aliphatic hydroxyl groups excluding tert-OH is 1. The lowest BCUT2D eigenvalue weighted by Crippen LogP contribution is -2.18. The fourth-order valence-electron chi connectivity index (χ4n) is 0.971. The van der Waals surface area contributed by atoms with E-state index in [4.69, 9.17) is 10.8 Å². The van der Waals surface area contributed by atoms with Crippen molar-refractivity contribution in [3.8, 4) is 0 Å². The first-order valence-corrected chi connectivity index (χ1v) is 3.71. The SMILES string of the molecule is NCC(CO)c1ncccc1F. The van der Waals surface area contributed by atoms with Crippen LogP contribution in [0.15, 0.2) is 18.3 Å². The lowest BCUT2D eigenvalue weighted by atomic mass is 10.1. The van der Waals surface area contributed by atoms with Crippen molar-refractivity contribution in [1.29, 1.82) is 0 Å². The van der Waals surface area contributed by atoms with Gasteiger partial charge in [-0.15, -0.1) is 0 Å². The zero-order chi connectivity index (χ0) is 8.97. The number of rotatable bonds is 3. The van der Waals surface area contributed by atoms with Crippen LogP contribution in [0, 0.1) is 5.82 Å². The maximum atomic E-state index is 13.0. The van der Waals surface area contributed by atoms with E-state index in [-0.39, 0.29) is 18.8 Å². The monoisotopic (exact) mass is 170 g/mol. The third kappa shape index (κ3) is 1.78. The van der Waals surface area contributed by atoms with Crippen LogP contribution in [-0.2, 0) is 0 Å². The number of aliphatic hydroxyl groups is 1. The zero-order valence-electron chi connectivity index (χ0n) is 6.57. The van der Waals surface area contributed by atoms with E-state index >= 15 is 0 Å². The first kappa shape index (κ1) is 9.09. The Hall–Kier alpha value is -1.00. The van der Waals surface area contributed by atoms with Crippen molar-refractivity contribution in [3.63, 3.8) is 0 Å². The Labute approximate surface area is 70.0 Å². The van der Waals surface area contributed by atoms with Gasteiger partial charge in [0.05, 0.1) is 12.3 Å². The summed E-state index contributed by atoms with van der Waals surface area (Å²) in [6.45, 7) is 0.0227. The van der Waals surface area contributed by atoms with E-state index < -0.39 is 11.7 Å². The number of hydrogen-bond acceptors (Lipinski definition) is 3. The molecule has 1 aromatic rings. The van der Waals surface area contributed by atoms with E-state index in [0.29, 0.717) is 0 Å². The highest BCUT2D eigenvalue weighted by Gasteiger charge is 2.13. The van der Waals surface area contributed by atoms with Crippen molar-refractivity contribution in [2.24, 2.45) is 5.73 Å². The molecule has 4 heteroatoms. The number of pyridine rings is 1. The highest BCUT2D eigenvalue weighted by molar-refractivity contribution is 5.12. The van der Waals surface area contributed by atoms with Crippen molar-refractivity contribution in [2.45, 2.75) is 5.92 Å². The summed E-state index contributed by atoms with van der Waals surface area (Å²) in [5, 5.41) is 8.82. The lowest BCUT2D eigenvalue weighted by Gasteiger charge is -2.10. The molecule has 0 saturated heterocycles. The third-order valence-corrected chi connectivity index (χ3v) is 1.68. The summed E-state index contributed by atoms with van der Waals surface area (Å²) in [6.07, 6.45) is 1.48. The second-order valence-corrected chi connectivity index (χ2v) is 2.49. The molecular weight excluding hydrogens is 159 g/mol. The third-order valence-electron chi connectivity index (χ3n) is 1.68. The van der Waals surface area contributed by atoms with E-state index in [1.54, 1.807) is 0 Å². The van der Waals surface area contributed by atoms with Gasteiger partial charge in [-0.3, -0.25) is 4.98 Å². The molecule has 1 heterocycles. The molecule has 3 N–H and O–H groups in total. The largest absolute Gasteiger partial charge is 0.396 e. The minimum absolute atomic E-state index is 0.176. The molecule has 3 nitrogen and oxygen atoms in total. The van der Waals surface area contributed by atoms with Crippen molar-refractivity contribution in [3.05, 3.63) is 29.8 Å². The number of aromatic nitrogens is 1. The Morgan fingerprint density at radius 1 is 1.67 bits per heavy atom. The molecule has 12 heavy (non-hydrogen) atoms. The fourth-order valence-corrected chi connectivity index (χ4v) is 0.971. The normalized spacial score (nSPS) is 12.9. The van der Waals surface area contributed by atoms with Crippen LogP contribution in [0.1, 0.15) is 11.6 Å². The Bertz CT molecular complexity index is 251. The van der Waals surface area contributed by atoms with E-state index in [1.807, 2.05) is 0 Å². The summed E-state index contributed by atoms with van der Waals surface area (Å²) in [5.74, 6) is -0.812. The van der Waals surface area contributed by atoms with Gasteiger partial charge >= 0.3 is 0 Å². The van der Waals surface area contributed by atoms with Crippen molar-refractivity contribution >= 4 is 0 Å². The summed E-state index contributed by atoms with van der Waals surface area (Å²) in [4.78, 5) is 3.81. The van der Waals surface area contributed by atoms with Crippen molar-refractivity contribution in [2.75, 3.05) is 13.2 Å². The van der Waals surface area contributed by atoms with Crippen LogP contribution in [0.2, 0.25) is 0 Å². The maximum Gasteiger partial charge on any atom is 0.145 e. The van der Waals surface area contributed by atoms with Gasteiger partial charge in [0.2, 0.25) is 0 Å². The second-order valence-electron chi connectivity index (χ2n) is 2.49. The van der Waals surface area contributed by atoms with E-state index in [2.05, 4.69) is 4.98 Å². The summed E-state index contributed by atoms with van der Waals surface area (Å²) < 4.78 is 13.0. The van der Waals surface area contributed by atoms with Crippen LogP contribution in [0.4, 0.5) is 4.39 Å². The van der Waals surface area contributed by atoms with Gasteiger partial charge < -0.3 is 10.8 Å². The lowest BCUT2D eigenvalue weighted by molar-refractivity contribution is 0.262. The quantitative estimate of drug-likeness (QED) is 0.683. The van der Waals surface area contributed by atoms with Crippen LogP contribution < -0.4 is 5.73 Å². The molecule has 1 atom stereocenters. The molecule has 1 unspecified atom stereocenters. The number of nitrogens with zero attached hydrogens (tertiary/aromatic N) is 1.